The Kier molecular flexibility index (Phi) is 4.92. The highest BCUT2D eigenvalue weighted by molar-refractivity contribution is 6.50. The molecule has 1 aliphatic rings. The molecule has 0 bridgehead atoms. The maximum absolute atomic E-state index is 13.0. The van der Waals surface area contributed by atoms with Crippen LogP contribution >= 0.6 is 0 Å². The van der Waals surface area contributed by atoms with Crippen molar-refractivity contribution in [2.24, 2.45) is 0 Å². The normalized spacial score (nSPS) is 15.4. The van der Waals surface area contributed by atoms with Crippen LogP contribution in [-0.4, -0.2) is 58.1 Å². The number of aromatic nitrogens is 2. The van der Waals surface area contributed by atoms with Gasteiger partial charge in [0.25, 0.3) is 11.8 Å². The highest BCUT2D eigenvalue weighted by Crippen LogP contribution is 2.38. The lowest BCUT2D eigenvalue weighted by molar-refractivity contribution is -0.122. The summed E-state index contributed by atoms with van der Waals surface area (Å²) in [6.45, 7) is 0.897. The van der Waals surface area contributed by atoms with Crippen LogP contribution in [0.2, 0.25) is 0 Å². The Morgan fingerprint density at radius 2 is 1.59 bits per heavy atom. The van der Waals surface area contributed by atoms with Crippen molar-refractivity contribution in [1.29, 1.82) is 0 Å². The summed E-state index contributed by atoms with van der Waals surface area (Å²) in [5, 5.41) is 14.7. The van der Waals surface area contributed by atoms with Crippen LogP contribution in [0, 0.1) is 0 Å². The van der Waals surface area contributed by atoms with Crippen molar-refractivity contribution in [3.8, 4) is 0 Å². The zero-order valence-corrected chi connectivity index (χ0v) is 17.9. The number of amides is 2. The van der Waals surface area contributed by atoms with E-state index in [2.05, 4.69) is 10.3 Å². The molecule has 1 aliphatic heterocycles. The average molecular weight is 428 g/mol. The van der Waals surface area contributed by atoms with Crippen molar-refractivity contribution in [3.05, 3.63) is 72.1 Å². The number of likely N-dealkylation sites (N-methyl/N-ethyl adjacent to an activating group) is 1. The number of nitrogens with one attached hydrogen (secondary N) is 2. The summed E-state index contributed by atoms with van der Waals surface area (Å²) in [6.07, 6.45) is 3.07. The van der Waals surface area contributed by atoms with E-state index in [1.165, 1.54) is 0 Å². The number of carbonyl (C=O) groups excluding carboxylic acids is 2. The van der Waals surface area contributed by atoms with Crippen molar-refractivity contribution in [1.82, 2.24) is 19.8 Å². The number of imide groups is 1. The molecular weight excluding hydrogens is 404 g/mol. The van der Waals surface area contributed by atoms with Gasteiger partial charge in [-0.1, -0.05) is 36.4 Å². The first-order valence-electron chi connectivity index (χ1n) is 10.5. The molecule has 2 amide bonds. The van der Waals surface area contributed by atoms with E-state index in [0.29, 0.717) is 35.4 Å². The Morgan fingerprint density at radius 1 is 0.938 bits per heavy atom. The lowest BCUT2D eigenvalue weighted by Gasteiger charge is -2.17. The van der Waals surface area contributed by atoms with E-state index in [1.54, 1.807) is 6.20 Å². The highest BCUT2D eigenvalue weighted by atomic mass is 16.3. The molecule has 3 heterocycles. The number of aliphatic hydroxyl groups excluding tert-OH is 1. The van der Waals surface area contributed by atoms with E-state index in [9.17, 15) is 14.7 Å². The number of rotatable bonds is 6. The fourth-order valence-corrected chi connectivity index (χ4v) is 4.55. The molecule has 2 aromatic heterocycles. The van der Waals surface area contributed by atoms with Gasteiger partial charge in [-0.05, 0) is 26.2 Å². The summed E-state index contributed by atoms with van der Waals surface area (Å²) >= 11 is 0. The molecule has 0 saturated heterocycles. The number of hydrogen-bond donors (Lipinski definition) is 3. The Hall–Kier alpha value is -3.68. The Morgan fingerprint density at radius 3 is 2.34 bits per heavy atom. The minimum Gasteiger partial charge on any atom is -0.390 e. The van der Waals surface area contributed by atoms with Crippen LogP contribution in [0.3, 0.4) is 0 Å². The number of aromatic amines is 1. The fourth-order valence-electron chi connectivity index (χ4n) is 4.55. The van der Waals surface area contributed by atoms with Gasteiger partial charge in [0.05, 0.1) is 17.3 Å². The molecule has 4 aromatic rings. The van der Waals surface area contributed by atoms with Gasteiger partial charge < -0.3 is 19.6 Å². The van der Waals surface area contributed by atoms with Gasteiger partial charge in [0.15, 0.2) is 0 Å². The summed E-state index contributed by atoms with van der Waals surface area (Å²) < 4.78 is 1.95. The third kappa shape index (κ3) is 3.32. The zero-order valence-electron chi connectivity index (χ0n) is 17.9. The van der Waals surface area contributed by atoms with Crippen LogP contribution in [0.1, 0.15) is 11.1 Å². The molecule has 0 saturated carbocycles. The Bertz CT molecular complexity index is 1390. The SMILES string of the molecule is CN(C)CC(O)Cn1cc(C2=C(c3c[nH]c4ccccc34)C(=O)NC2=O)c2ccccc21. The monoisotopic (exact) mass is 428 g/mol. The molecule has 2 aromatic carbocycles. The standard InChI is InChI=1S/C25H24N4O3/c1-28(2)12-15(30)13-29-14-19(17-8-4-6-10-21(17)29)23-22(24(31)27-25(23)32)18-11-26-20-9-5-3-7-16(18)20/h3-11,14-15,26,30H,12-13H2,1-2H3,(H,27,31,32). The van der Waals surface area contributed by atoms with Gasteiger partial charge in [0.2, 0.25) is 0 Å². The summed E-state index contributed by atoms with van der Waals surface area (Å²) in [5.41, 5.74) is 3.90. The fraction of sp³-hybridized carbons (Fsp3) is 0.200. The molecule has 7 heteroatoms. The van der Waals surface area contributed by atoms with E-state index in [-0.39, 0.29) is 0 Å². The number of H-pyrrole nitrogens is 1. The van der Waals surface area contributed by atoms with Crippen LogP contribution < -0.4 is 5.32 Å². The molecule has 1 unspecified atom stereocenters. The first-order valence-corrected chi connectivity index (χ1v) is 10.5. The van der Waals surface area contributed by atoms with Gasteiger partial charge in [-0.25, -0.2) is 0 Å². The molecule has 3 N–H and O–H groups in total. The first kappa shape index (κ1) is 20.2. The quantitative estimate of drug-likeness (QED) is 0.412. The lowest BCUT2D eigenvalue weighted by Crippen LogP contribution is -2.29. The van der Waals surface area contributed by atoms with E-state index < -0.39 is 17.9 Å². The third-order valence-electron chi connectivity index (χ3n) is 5.83. The number of fused-ring (bicyclic) bond motifs is 2. The van der Waals surface area contributed by atoms with Crippen LogP contribution in [0.4, 0.5) is 0 Å². The third-order valence-corrected chi connectivity index (χ3v) is 5.83. The predicted molar refractivity (Wildman–Crippen MR) is 125 cm³/mol. The smallest absolute Gasteiger partial charge is 0.259 e. The number of benzene rings is 2. The second-order valence-electron chi connectivity index (χ2n) is 8.41. The molecule has 0 radical (unpaired) electrons. The van der Waals surface area contributed by atoms with E-state index in [1.807, 2.05) is 78.3 Å². The number of hydrogen-bond acceptors (Lipinski definition) is 4. The summed E-state index contributed by atoms with van der Waals surface area (Å²) in [6, 6.07) is 15.4. The second-order valence-corrected chi connectivity index (χ2v) is 8.41. The van der Waals surface area contributed by atoms with E-state index in [4.69, 9.17) is 0 Å². The molecule has 0 aliphatic carbocycles. The van der Waals surface area contributed by atoms with Gasteiger partial charge in [-0.15, -0.1) is 0 Å². The molecule has 0 spiro atoms. The minimum atomic E-state index is -0.574. The molecular formula is C25H24N4O3. The molecule has 32 heavy (non-hydrogen) atoms. The zero-order chi connectivity index (χ0) is 22.4. The van der Waals surface area contributed by atoms with Crippen molar-refractivity contribution >= 4 is 44.8 Å². The van der Waals surface area contributed by atoms with E-state index in [0.717, 1.165) is 21.8 Å². The van der Waals surface area contributed by atoms with Crippen LogP contribution in [0.25, 0.3) is 33.0 Å². The molecule has 1 atom stereocenters. The van der Waals surface area contributed by atoms with Gasteiger partial charge in [0.1, 0.15) is 0 Å². The summed E-state index contributed by atoms with van der Waals surface area (Å²) in [4.78, 5) is 31.0. The Balaban J connectivity index is 1.71. The first-order chi connectivity index (χ1) is 15.4. The maximum atomic E-state index is 13.0. The van der Waals surface area contributed by atoms with E-state index >= 15 is 0 Å². The highest BCUT2D eigenvalue weighted by Gasteiger charge is 2.35. The van der Waals surface area contributed by atoms with Crippen LogP contribution in [0.5, 0.6) is 0 Å². The molecule has 7 nitrogen and oxygen atoms in total. The number of nitrogens with zero attached hydrogens (tertiary/aromatic N) is 2. The largest absolute Gasteiger partial charge is 0.390 e. The predicted octanol–water partition coefficient (Wildman–Crippen LogP) is 2.61. The molecule has 162 valence electrons. The number of aliphatic hydroxyl groups is 1. The van der Waals surface area contributed by atoms with Crippen LogP contribution in [-0.2, 0) is 16.1 Å². The topological polar surface area (TPSA) is 90.4 Å². The summed E-state index contributed by atoms with van der Waals surface area (Å²) in [7, 11) is 3.82. The van der Waals surface area contributed by atoms with Gasteiger partial charge in [0, 0.05) is 58.4 Å². The average Bonchev–Trinajstić information content (AvgIpc) is 3.41. The van der Waals surface area contributed by atoms with Crippen molar-refractivity contribution in [2.45, 2.75) is 12.6 Å². The number of carbonyl (C=O) groups is 2. The number of para-hydroxylation sites is 2. The van der Waals surface area contributed by atoms with Crippen molar-refractivity contribution in [2.75, 3.05) is 20.6 Å². The summed E-state index contributed by atoms with van der Waals surface area (Å²) in [5.74, 6) is -0.814. The molecule has 0 fully saturated rings. The van der Waals surface area contributed by atoms with Gasteiger partial charge in [-0.2, -0.15) is 0 Å². The Labute approximate surface area is 184 Å². The second kappa shape index (κ2) is 7.78. The van der Waals surface area contributed by atoms with Crippen molar-refractivity contribution in [3.63, 3.8) is 0 Å². The van der Waals surface area contributed by atoms with Crippen LogP contribution in [0.15, 0.2) is 60.9 Å². The lowest BCUT2D eigenvalue weighted by atomic mass is 9.95. The van der Waals surface area contributed by atoms with Gasteiger partial charge >= 0.3 is 0 Å². The van der Waals surface area contributed by atoms with Crippen molar-refractivity contribution < 1.29 is 14.7 Å². The molecule has 5 rings (SSSR count). The van der Waals surface area contributed by atoms with Gasteiger partial charge in [-0.3, -0.25) is 14.9 Å². The minimum absolute atomic E-state index is 0.358. The maximum Gasteiger partial charge on any atom is 0.259 e.